The van der Waals surface area contributed by atoms with Crippen molar-refractivity contribution in [1.29, 1.82) is 0 Å². The Hall–Kier alpha value is -2.12. The predicted octanol–water partition coefficient (Wildman–Crippen LogP) is 3.39. The van der Waals surface area contributed by atoms with Gasteiger partial charge in [-0.25, -0.2) is 9.97 Å². The van der Waals surface area contributed by atoms with E-state index < -0.39 is 0 Å². The molecule has 1 fully saturated rings. The first-order valence-corrected chi connectivity index (χ1v) is 10.7. The second kappa shape index (κ2) is 11.0. The molecular weight excluding hydrogens is 372 g/mol. The number of nitrogens with one attached hydrogen (secondary N) is 1. The Morgan fingerprint density at radius 2 is 2.11 bits per heavy atom. The van der Waals surface area contributed by atoms with Crippen molar-refractivity contribution in [3.05, 3.63) is 42.7 Å². The van der Waals surface area contributed by atoms with E-state index >= 15 is 0 Å². The first kappa shape index (κ1) is 20.6. The van der Waals surface area contributed by atoms with Crippen LogP contribution in [-0.2, 0) is 9.53 Å². The van der Waals surface area contributed by atoms with E-state index in [1.807, 2.05) is 25.1 Å². The van der Waals surface area contributed by atoms with Crippen LogP contribution in [0.25, 0.3) is 0 Å². The number of carbonyl (C=O) groups is 1. The zero-order valence-corrected chi connectivity index (χ0v) is 17.2. The summed E-state index contributed by atoms with van der Waals surface area (Å²) in [6, 6.07) is 10.2. The lowest BCUT2D eigenvalue weighted by Gasteiger charge is -2.33. The predicted molar refractivity (Wildman–Crippen MR) is 112 cm³/mol. The number of carbonyl (C=O) groups excluding carboxylic acids is 1. The highest BCUT2D eigenvalue weighted by Crippen LogP contribution is 2.33. The molecule has 2 aromatic rings. The van der Waals surface area contributed by atoms with Crippen molar-refractivity contribution in [2.45, 2.75) is 36.1 Å². The molecule has 1 aromatic carbocycles. The van der Waals surface area contributed by atoms with Crippen molar-refractivity contribution < 1.29 is 9.53 Å². The maximum atomic E-state index is 12.6. The lowest BCUT2D eigenvalue weighted by molar-refractivity contribution is -0.125. The smallest absolute Gasteiger partial charge is 0.224 e. The molecule has 1 atom stereocenters. The van der Waals surface area contributed by atoms with Crippen molar-refractivity contribution in [3.63, 3.8) is 0 Å². The molecule has 1 aromatic heterocycles. The lowest BCUT2D eigenvalue weighted by Crippen LogP contribution is -2.44. The third-order valence-corrected chi connectivity index (χ3v) is 5.65. The van der Waals surface area contributed by atoms with Gasteiger partial charge in [-0.05, 0) is 38.3 Å². The van der Waals surface area contributed by atoms with Gasteiger partial charge in [-0.1, -0.05) is 30.0 Å². The average molecular weight is 401 g/mol. The third-order valence-electron chi connectivity index (χ3n) is 4.66. The maximum absolute atomic E-state index is 12.6. The van der Waals surface area contributed by atoms with Gasteiger partial charge in [0.1, 0.15) is 5.03 Å². The molecule has 1 aliphatic rings. The minimum Gasteiger partial charge on any atom is -0.382 e. The monoisotopic (exact) mass is 400 g/mol. The summed E-state index contributed by atoms with van der Waals surface area (Å²) < 4.78 is 5.32. The fourth-order valence-electron chi connectivity index (χ4n) is 3.27. The van der Waals surface area contributed by atoms with Crippen molar-refractivity contribution >= 4 is 23.5 Å². The quantitative estimate of drug-likeness (QED) is 0.651. The SMILES string of the molecule is CCOCCCNC(=O)C1CCCN(c2nccnc2Sc2ccccc2)C1. The first-order valence-electron chi connectivity index (χ1n) is 9.92. The van der Waals surface area contributed by atoms with Gasteiger partial charge in [0.15, 0.2) is 5.82 Å². The van der Waals surface area contributed by atoms with Crippen LogP contribution in [0.3, 0.4) is 0 Å². The lowest BCUT2D eigenvalue weighted by atomic mass is 9.97. The summed E-state index contributed by atoms with van der Waals surface area (Å²) in [4.78, 5) is 25.0. The number of ether oxygens (including phenoxy) is 1. The fourth-order valence-corrected chi connectivity index (χ4v) is 4.17. The molecule has 6 nitrogen and oxygen atoms in total. The molecule has 28 heavy (non-hydrogen) atoms. The number of benzene rings is 1. The molecule has 0 saturated carbocycles. The minimum absolute atomic E-state index is 0.0163. The van der Waals surface area contributed by atoms with Crippen LogP contribution in [0.4, 0.5) is 5.82 Å². The summed E-state index contributed by atoms with van der Waals surface area (Å²) in [5, 5.41) is 3.93. The van der Waals surface area contributed by atoms with Gasteiger partial charge < -0.3 is 15.0 Å². The molecule has 1 unspecified atom stereocenters. The summed E-state index contributed by atoms with van der Waals surface area (Å²) in [5.41, 5.74) is 0. The van der Waals surface area contributed by atoms with Crippen LogP contribution in [0, 0.1) is 5.92 Å². The van der Waals surface area contributed by atoms with Crippen molar-refractivity contribution in [1.82, 2.24) is 15.3 Å². The topological polar surface area (TPSA) is 67.3 Å². The number of rotatable bonds is 9. The molecular formula is C21H28N4O2S. The minimum atomic E-state index is -0.0163. The normalized spacial score (nSPS) is 16.8. The van der Waals surface area contributed by atoms with E-state index in [2.05, 4.69) is 32.3 Å². The largest absolute Gasteiger partial charge is 0.382 e. The summed E-state index contributed by atoms with van der Waals surface area (Å²) in [5.74, 6) is 0.977. The first-order chi connectivity index (χ1) is 13.8. The number of hydrogen-bond donors (Lipinski definition) is 1. The van der Waals surface area contributed by atoms with E-state index in [0.717, 1.165) is 41.5 Å². The molecule has 7 heteroatoms. The molecule has 0 bridgehead atoms. The summed E-state index contributed by atoms with van der Waals surface area (Å²) in [6.45, 7) is 5.62. The van der Waals surface area contributed by atoms with E-state index in [9.17, 15) is 4.79 Å². The zero-order valence-electron chi connectivity index (χ0n) is 16.3. The number of hydrogen-bond acceptors (Lipinski definition) is 6. The highest BCUT2D eigenvalue weighted by Gasteiger charge is 2.28. The van der Waals surface area contributed by atoms with Gasteiger partial charge in [0.25, 0.3) is 0 Å². The van der Waals surface area contributed by atoms with Gasteiger partial charge in [0.2, 0.25) is 5.91 Å². The highest BCUT2D eigenvalue weighted by molar-refractivity contribution is 7.99. The van der Waals surface area contributed by atoms with Gasteiger partial charge in [-0.2, -0.15) is 0 Å². The third kappa shape index (κ3) is 5.94. The number of anilines is 1. The molecule has 1 N–H and O–H groups in total. The van der Waals surface area contributed by atoms with Crippen molar-refractivity contribution in [2.24, 2.45) is 5.92 Å². The molecule has 0 spiro atoms. The van der Waals surface area contributed by atoms with Crippen molar-refractivity contribution in [3.8, 4) is 0 Å². The van der Waals surface area contributed by atoms with Crippen LogP contribution >= 0.6 is 11.8 Å². The van der Waals surface area contributed by atoms with Crippen LogP contribution in [0.1, 0.15) is 26.2 Å². The van der Waals surface area contributed by atoms with Gasteiger partial charge in [0, 0.05) is 50.1 Å². The summed E-state index contributed by atoms with van der Waals surface area (Å²) >= 11 is 1.61. The Morgan fingerprint density at radius 3 is 2.93 bits per heavy atom. The van der Waals surface area contributed by atoms with Gasteiger partial charge in [-0.3, -0.25) is 4.79 Å². The van der Waals surface area contributed by atoms with E-state index in [-0.39, 0.29) is 11.8 Å². The molecule has 2 heterocycles. The molecule has 150 valence electrons. The maximum Gasteiger partial charge on any atom is 0.224 e. The highest BCUT2D eigenvalue weighted by atomic mass is 32.2. The van der Waals surface area contributed by atoms with Crippen LogP contribution < -0.4 is 10.2 Å². The number of aromatic nitrogens is 2. The van der Waals surface area contributed by atoms with Crippen LogP contribution in [0.5, 0.6) is 0 Å². The van der Waals surface area contributed by atoms with E-state index in [4.69, 9.17) is 4.74 Å². The standard InChI is InChI=1S/C21H28N4O2S/c1-2-27-15-7-11-23-20(26)17-8-6-14-25(16-17)19-21(24-13-12-22-19)28-18-9-4-3-5-10-18/h3-5,9-10,12-13,17H,2,6-8,11,14-16H2,1H3,(H,23,26). The molecule has 1 aliphatic heterocycles. The molecule has 1 saturated heterocycles. The fraction of sp³-hybridized carbons (Fsp3) is 0.476. The van der Waals surface area contributed by atoms with E-state index in [1.54, 1.807) is 24.2 Å². The second-order valence-corrected chi connectivity index (χ2v) is 7.79. The summed E-state index contributed by atoms with van der Waals surface area (Å²) in [7, 11) is 0. The van der Waals surface area contributed by atoms with Gasteiger partial charge in [-0.15, -0.1) is 0 Å². The second-order valence-electron chi connectivity index (χ2n) is 6.73. The van der Waals surface area contributed by atoms with Gasteiger partial charge >= 0.3 is 0 Å². The summed E-state index contributed by atoms with van der Waals surface area (Å²) in [6.07, 6.45) is 6.18. The molecule has 1 amide bonds. The van der Waals surface area contributed by atoms with Crippen LogP contribution in [0.2, 0.25) is 0 Å². The van der Waals surface area contributed by atoms with Gasteiger partial charge in [0.05, 0.1) is 5.92 Å². The molecule has 3 rings (SSSR count). The van der Waals surface area contributed by atoms with Crippen molar-refractivity contribution in [2.75, 3.05) is 37.7 Å². The Labute approximate surface area is 171 Å². The van der Waals surface area contributed by atoms with Crippen LogP contribution in [0.15, 0.2) is 52.6 Å². The Kier molecular flexibility index (Phi) is 8.11. The number of nitrogens with zero attached hydrogens (tertiary/aromatic N) is 3. The average Bonchev–Trinajstić information content (AvgIpc) is 2.75. The number of piperidine rings is 1. The van der Waals surface area contributed by atoms with E-state index in [0.29, 0.717) is 26.3 Å². The molecule has 0 aliphatic carbocycles. The Morgan fingerprint density at radius 1 is 1.29 bits per heavy atom. The number of amides is 1. The zero-order chi connectivity index (χ0) is 19.6. The van der Waals surface area contributed by atoms with Crippen LogP contribution in [-0.4, -0.2) is 48.7 Å². The molecule has 0 radical (unpaired) electrons. The van der Waals surface area contributed by atoms with E-state index in [1.165, 1.54) is 0 Å². The Bertz CT molecular complexity index is 744. The Balaban J connectivity index is 1.60.